The predicted molar refractivity (Wildman–Crippen MR) is 59.3 cm³/mol. The van der Waals surface area contributed by atoms with Crippen LogP contribution in [0.15, 0.2) is 12.3 Å². The number of nitrogens with zero attached hydrogens (tertiary/aromatic N) is 2. The van der Waals surface area contributed by atoms with Gasteiger partial charge in [0.1, 0.15) is 5.82 Å². The van der Waals surface area contributed by atoms with Gasteiger partial charge in [0, 0.05) is 12.2 Å². The lowest BCUT2D eigenvalue weighted by molar-refractivity contribution is 0.438. The van der Waals surface area contributed by atoms with Crippen LogP contribution >= 0.6 is 0 Å². The summed E-state index contributed by atoms with van der Waals surface area (Å²) in [6.07, 6.45) is 7.16. The summed E-state index contributed by atoms with van der Waals surface area (Å²) in [6.45, 7) is 0. The van der Waals surface area contributed by atoms with Crippen molar-refractivity contribution in [1.29, 1.82) is 0 Å². The minimum absolute atomic E-state index is 0.538. The van der Waals surface area contributed by atoms with Gasteiger partial charge in [0.15, 0.2) is 0 Å². The molecule has 0 aromatic carbocycles. The zero-order valence-corrected chi connectivity index (χ0v) is 8.69. The van der Waals surface area contributed by atoms with Crippen LogP contribution in [0.2, 0.25) is 0 Å². The summed E-state index contributed by atoms with van der Waals surface area (Å²) >= 11 is 0. The highest BCUT2D eigenvalue weighted by Crippen LogP contribution is 2.45. The first-order valence-electron chi connectivity index (χ1n) is 5.66. The average Bonchev–Trinajstić information content (AvgIpc) is 2.79. The van der Waals surface area contributed by atoms with Gasteiger partial charge in [-0.1, -0.05) is 6.42 Å². The van der Waals surface area contributed by atoms with Crippen LogP contribution < -0.4 is 11.1 Å². The Morgan fingerprint density at radius 3 is 2.93 bits per heavy atom. The lowest BCUT2D eigenvalue weighted by Gasteiger charge is -2.22. The number of anilines is 2. The zero-order valence-electron chi connectivity index (χ0n) is 8.69. The van der Waals surface area contributed by atoms with Crippen molar-refractivity contribution in [3.05, 3.63) is 12.3 Å². The molecule has 0 radical (unpaired) electrons. The summed E-state index contributed by atoms with van der Waals surface area (Å²) in [5.41, 5.74) is 5.62. The number of hydrogen-bond acceptors (Lipinski definition) is 4. The van der Waals surface area contributed by atoms with Gasteiger partial charge >= 0.3 is 0 Å². The number of nitrogens with one attached hydrogen (secondary N) is 1. The Morgan fingerprint density at radius 1 is 1.33 bits per heavy atom. The van der Waals surface area contributed by atoms with Crippen molar-refractivity contribution in [1.82, 2.24) is 9.97 Å². The molecular formula is C11H16N4. The zero-order chi connectivity index (χ0) is 10.3. The van der Waals surface area contributed by atoms with E-state index >= 15 is 0 Å². The molecule has 2 aliphatic carbocycles. The van der Waals surface area contributed by atoms with E-state index in [9.17, 15) is 0 Å². The van der Waals surface area contributed by atoms with Gasteiger partial charge in [-0.05, 0) is 37.2 Å². The molecule has 2 aliphatic rings. The fourth-order valence-electron chi connectivity index (χ4n) is 3.03. The van der Waals surface area contributed by atoms with E-state index in [2.05, 4.69) is 15.3 Å². The smallest absolute Gasteiger partial charge is 0.224 e. The summed E-state index contributed by atoms with van der Waals surface area (Å²) in [4.78, 5) is 8.36. The molecule has 2 saturated carbocycles. The minimum Gasteiger partial charge on any atom is -0.384 e. The maximum Gasteiger partial charge on any atom is 0.224 e. The first-order chi connectivity index (χ1) is 7.31. The first-order valence-corrected chi connectivity index (χ1v) is 5.66. The van der Waals surface area contributed by atoms with Gasteiger partial charge in [0.2, 0.25) is 5.95 Å². The SMILES string of the molecule is Nc1ccnc(NC2CC3CCC2C3)n1. The van der Waals surface area contributed by atoms with E-state index in [-0.39, 0.29) is 0 Å². The van der Waals surface area contributed by atoms with E-state index in [1.807, 2.05) is 0 Å². The number of hydrogen-bond donors (Lipinski definition) is 2. The highest BCUT2D eigenvalue weighted by Gasteiger charge is 2.39. The average molecular weight is 204 g/mol. The van der Waals surface area contributed by atoms with Gasteiger partial charge in [-0.25, -0.2) is 4.98 Å². The fraction of sp³-hybridized carbons (Fsp3) is 0.636. The molecule has 3 unspecified atom stereocenters. The van der Waals surface area contributed by atoms with E-state index in [0.717, 1.165) is 11.8 Å². The van der Waals surface area contributed by atoms with Gasteiger partial charge in [-0.3, -0.25) is 0 Å². The number of fused-ring (bicyclic) bond motifs is 2. The molecule has 80 valence electrons. The highest BCUT2D eigenvalue weighted by atomic mass is 15.1. The van der Waals surface area contributed by atoms with Gasteiger partial charge < -0.3 is 11.1 Å². The van der Waals surface area contributed by atoms with Crippen molar-refractivity contribution in [2.24, 2.45) is 11.8 Å². The Balaban J connectivity index is 1.71. The molecule has 0 amide bonds. The van der Waals surface area contributed by atoms with Gasteiger partial charge in [0.25, 0.3) is 0 Å². The van der Waals surface area contributed by atoms with E-state index in [1.165, 1.54) is 25.7 Å². The highest BCUT2D eigenvalue weighted by molar-refractivity contribution is 5.36. The van der Waals surface area contributed by atoms with E-state index in [1.54, 1.807) is 12.3 Å². The number of nitrogen functional groups attached to an aromatic ring is 1. The molecule has 0 saturated heterocycles. The Morgan fingerprint density at radius 2 is 2.27 bits per heavy atom. The molecule has 1 heterocycles. The summed E-state index contributed by atoms with van der Waals surface area (Å²) < 4.78 is 0. The lowest BCUT2D eigenvalue weighted by Crippen LogP contribution is -2.26. The molecular weight excluding hydrogens is 188 g/mol. The Bertz CT molecular complexity index is 365. The van der Waals surface area contributed by atoms with E-state index in [4.69, 9.17) is 5.73 Å². The van der Waals surface area contributed by atoms with E-state index in [0.29, 0.717) is 17.8 Å². The quantitative estimate of drug-likeness (QED) is 0.769. The van der Waals surface area contributed by atoms with Gasteiger partial charge in [-0.15, -0.1) is 0 Å². The molecule has 1 aromatic heterocycles. The molecule has 1 aromatic rings. The Hall–Kier alpha value is -1.32. The second-order valence-electron chi connectivity index (χ2n) is 4.73. The third-order valence-electron chi connectivity index (χ3n) is 3.73. The minimum atomic E-state index is 0.538. The van der Waals surface area contributed by atoms with E-state index < -0.39 is 0 Å². The molecule has 0 spiro atoms. The number of rotatable bonds is 2. The largest absolute Gasteiger partial charge is 0.384 e. The van der Waals surface area contributed by atoms with Crippen LogP contribution in [-0.4, -0.2) is 16.0 Å². The maximum absolute atomic E-state index is 5.62. The van der Waals surface area contributed by atoms with Crippen LogP contribution in [0.1, 0.15) is 25.7 Å². The summed E-state index contributed by atoms with van der Waals surface area (Å²) in [5.74, 6) is 3.00. The second kappa shape index (κ2) is 3.36. The molecule has 2 bridgehead atoms. The first kappa shape index (κ1) is 8.95. The van der Waals surface area contributed by atoms with Crippen LogP contribution in [0, 0.1) is 11.8 Å². The molecule has 15 heavy (non-hydrogen) atoms. The van der Waals surface area contributed by atoms with Crippen LogP contribution in [0.25, 0.3) is 0 Å². The molecule has 4 heteroatoms. The summed E-state index contributed by atoms with van der Waals surface area (Å²) in [6, 6.07) is 2.29. The second-order valence-corrected chi connectivity index (χ2v) is 4.73. The molecule has 3 N–H and O–H groups in total. The normalized spacial score (nSPS) is 33.2. The third-order valence-corrected chi connectivity index (χ3v) is 3.73. The molecule has 2 fully saturated rings. The molecule has 4 nitrogen and oxygen atoms in total. The van der Waals surface area contributed by atoms with Crippen molar-refractivity contribution in [2.45, 2.75) is 31.7 Å². The van der Waals surface area contributed by atoms with Crippen LogP contribution in [0.4, 0.5) is 11.8 Å². The fourth-order valence-corrected chi connectivity index (χ4v) is 3.03. The molecule has 3 atom stereocenters. The van der Waals surface area contributed by atoms with Crippen molar-refractivity contribution < 1.29 is 0 Å². The topological polar surface area (TPSA) is 63.8 Å². The summed E-state index contributed by atoms with van der Waals surface area (Å²) in [5, 5.41) is 3.41. The predicted octanol–water partition coefficient (Wildman–Crippen LogP) is 1.66. The molecule has 0 aliphatic heterocycles. The standard InChI is InChI=1S/C11H16N4/c12-10-3-4-13-11(15-10)14-9-6-7-1-2-8(9)5-7/h3-4,7-9H,1-2,5-6H2,(H3,12,13,14,15). The third kappa shape index (κ3) is 1.64. The van der Waals surface area contributed by atoms with Crippen LogP contribution in [0.3, 0.4) is 0 Å². The van der Waals surface area contributed by atoms with Crippen LogP contribution in [0.5, 0.6) is 0 Å². The summed E-state index contributed by atoms with van der Waals surface area (Å²) in [7, 11) is 0. The van der Waals surface area contributed by atoms with Crippen LogP contribution in [-0.2, 0) is 0 Å². The van der Waals surface area contributed by atoms with Crippen molar-refractivity contribution in [2.75, 3.05) is 11.1 Å². The Kier molecular flexibility index (Phi) is 2.01. The Labute approximate surface area is 89.3 Å². The van der Waals surface area contributed by atoms with Crippen molar-refractivity contribution in [3.63, 3.8) is 0 Å². The molecule has 3 rings (SSSR count). The number of nitrogens with two attached hydrogens (primary N) is 1. The van der Waals surface area contributed by atoms with Gasteiger partial charge in [0.05, 0.1) is 0 Å². The maximum atomic E-state index is 5.62. The lowest BCUT2D eigenvalue weighted by atomic mass is 9.95. The van der Waals surface area contributed by atoms with Crippen molar-refractivity contribution in [3.8, 4) is 0 Å². The van der Waals surface area contributed by atoms with Gasteiger partial charge in [-0.2, -0.15) is 4.98 Å². The van der Waals surface area contributed by atoms with Crippen molar-refractivity contribution >= 4 is 11.8 Å². The monoisotopic (exact) mass is 204 g/mol. The number of aromatic nitrogens is 2.